The van der Waals surface area contributed by atoms with Crippen LogP contribution in [0.5, 0.6) is 5.75 Å². The van der Waals surface area contributed by atoms with Gasteiger partial charge in [0.15, 0.2) is 0 Å². The lowest BCUT2D eigenvalue weighted by Crippen LogP contribution is -2.49. The van der Waals surface area contributed by atoms with E-state index in [2.05, 4.69) is 21.2 Å². The molecule has 0 aliphatic carbocycles. The zero-order valence-corrected chi connectivity index (χ0v) is 15.0. The van der Waals surface area contributed by atoms with Crippen LogP contribution in [-0.4, -0.2) is 50.6 Å². The van der Waals surface area contributed by atoms with Gasteiger partial charge in [-0.15, -0.1) is 0 Å². The Hall–Kier alpha value is -2.60. The van der Waals surface area contributed by atoms with Crippen molar-refractivity contribution in [2.75, 3.05) is 44.7 Å². The molecular formula is C20H24FN3O2. The zero-order chi connectivity index (χ0) is 18.4. The third-order valence-electron chi connectivity index (χ3n) is 4.56. The molecule has 0 spiro atoms. The van der Waals surface area contributed by atoms with Crippen LogP contribution in [0.2, 0.25) is 0 Å². The smallest absolute Gasteiger partial charge is 0.234 e. The van der Waals surface area contributed by atoms with E-state index in [-0.39, 0.29) is 11.7 Å². The maximum absolute atomic E-state index is 12.9. The van der Waals surface area contributed by atoms with Crippen LogP contribution < -0.4 is 15.0 Å². The lowest BCUT2D eigenvalue weighted by atomic mass is 10.2. The molecular weight excluding hydrogens is 333 g/mol. The molecule has 0 saturated carbocycles. The fourth-order valence-electron chi connectivity index (χ4n) is 3.03. The van der Waals surface area contributed by atoms with E-state index in [4.69, 9.17) is 4.74 Å². The molecule has 0 radical (unpaired) electrons. The highest BCUT2D eigenvalue weighted by Crippen LogP contribution is 2.22. The summed E-state index contributed by atoms with van der Waals surface area (Å²) in [6.45, 7) is 4.22. The Bertz CT molecular complexity index is 728. The Labute approximate surface area is 153 Å². The molecule has 26 heavy (non-hydrogen) atoms. The van der Waals surface area contributed by atoms with Crippen LogP contribution in [-0.2, 0) is 11.3 Å². The van der Waals surface area contributed by atoms with Gasteiger partial charge >= 0.3 is 0 Å². The standard InChI is InChI=1S/C20H24FN3O2/c1-26-19-4-2-3-18(13-19)24-11-9-23(10-12-24)15-20(25)22-14-16-5-7-17(21)8-6-16/h2-8,13H,9-12,14-15H2,1H3,(H,22,25). The molecule has 5 nitrogen and oxygen atoms in total. The van der Waals surface area contributed by atoms with Crippen molar-refractivity contribution in [2.24, 2.45) is 0 Å². The first-order valence-electron chi connectivity index (χ1n) is 8.76. The molecule has 1 aliphatic heterocycles. The van der Waals surface area contributed by atoms with Crippen molar-refractivity contribution in [1.82, 2.24) is 10.2 Å². The van der Waals surface area contributed by atoms with Crippen molar-refractivity contribution in [3.8, 4) is 5.75 Å². The summed E-state index contributed by atoms with van der Waals surface area (Å²) < 4.78 is 18.2. The summed E-state index contributed by atoms with van der Waals surface area (Å²) in [5.74, 6) is 0.572. The van der Waals surface area contributed by atoms with Gasteiger partial charge in [-0.3, -0.25) is 9.69 Å². The van der Waals surface area contributed by atoms with E-state index in [1.54, 1.807) is 19.2 Å². The molecule has 3 rings (SSSR count). The molecule has 0 bridgehead atoms. The van der Waals surface area contributed by atoms with Gasteiger partial charge in [-0.25, -0.2) is 4.39 Å². The average Bonchev–Trinajstić information content (AvgIpc) is 2.68. The minimum atomic E-state index is -0.269. The molecule has 0 unspecified atom stereocenters. The van der Waals surface area contributed by atoms with Gasteiger partial charge in [0, 0.05) is 44.5 Å². The molecule has 0 aromatic heterocycles. The molecule has 1 aliphatic rings. The number of ether oxygens (including phenoxy) is 1. The first-order valence-corrected chi connectivity index (χ1v) is 8.76. The predicted octanol–water partition coefficient (Wildman–Crippen LogP) is 2.27. The Morgan fingerprint density at radius 1 is 1.12 bits per heavy atom. The Kier molecular flexibility index (Phi) is 6.07. The number of nitrogens with zero attached hydrogens (tertiary/aromatic N) is 2. The molecule has 1 amide bonds. The quantitative estimate of drug-likeness (QED) is 0.862. The van der Waals surface area contributed by atoms with Gasteiger partial charge in [0.2, 0.25) is 5.91 Å². The minimum absolute atomic E-state index is 0.0100. The summed E-state index contributed by atoms with van der Waals surface area (Å²) >= 11 is 0. The molecule has 1 N–H and O–H groups in total. The number of hydrogen-bond donors (Lipinski definition) is 1. The second kappa shape index (κ2) is 8.67. The van der Waals surface area contributed by atoms with Gasteiger partial charge in [-0.1, -0.05) is 18.2 Å². The monoisotopic (exact) mass is 357 g/mol. The second-order valence-electron chi connectivity index (χ2n) is 6.37. The van der Waals surface area contributed by atoms with Crippen LogP contribution in [0.25, 0.3) is 0 Å². The van der Waals surface area contributed by atoms with Crippen LogP contribution in [0.4, 0.5) is 10.1 Å². The normalized spacial score (nSPS) is 14.9. The summed E-state index contributed by atoms with van der Waals surface area (Å²) in [6.07, 6.45) is 0. The van der Waals surface area contributed by atoms with Crippen molar-refractivity contribution in [2.45, 2.75) is 6.54 Å². The fourth-order valence-corrected chi connectivity index (χ4v) is 3.03. The van der Waals surface area contributed by atoms with Crippen molar-refractivity contribution < 1.29 is 13.9 Å². The molecule has 1 heterocycles. The van der Waals surface area contributed by atoms with E-state index >= 15 is 0 Å². The molecule has 1 saturated heterocycles. The predicted molar refractivity (Wildman–Crippen MR) is 99.9 cm³/mol. The maximum atomic E-state index is 12.9. The van der Waals surface area contributed by atoms with E-state index in [9.17, 15) is 9.18 Å². The van der Waals surface area contributed by atoms with Crippen LogP contribution in [0, 0.1) is 5.82 Å². The number of hydrogen-bond acceptors (Lipinski definition) is 4. The largest absolute Gasteiger partial charge is 0.497 e. The topological polar surface area (TPSA) is 44.8 Å². The number of benzene rings is 2. The number of halogens is 1. The summed E-state index contributed by atoms with van der Waals surface area (Å²) in [6, 6.07) is 14.2. The Morgan fingerprint density at radius 3 is 2.54 bits per heavy atom. The van der Waals surface area contributed by atoms with Crippen molar-refractivity contribution >= 4 is 11.6 Å². The minimum Gasteiger partial charge on any atom is -0.497 e. The van der Waals surface area contributed by atoms with Crippen molar-refractivity contribution in [1.29, 1.82) is 0 Å². The second-order valence-corrected chi connectivity index (χ2v) is 6.37. The van der Waals surface area contributed by atoms with E-state index in [1.807, 2.05) is 18.2 Å². The van der Waals surface area contributed by atoms with Crippen LogP contribution in [0.3, 0.4) is 0 Å². The highest BCUT2D eigenvalue weighted by molar-refractivity contribution is 5.78. The highest BCUT2D eigenvalue weighted by atomic mass is 19.1. The van der Waals surface area contributed by atoms with E-state index < -0.39 is 0 Å². The summed E-state index contributed by atoms with van der Waals surface area (Å²) in [7, 11) is 1.67. The summed E-state index contributed by atoms with van der Waals surface area (Å²) in [5.41, 5.74) is 2.03. The van der Waals surface area contributed by atoms with Crippen LogP contribution >= 0.6 is 0 Å². The maximum Gasteiger partial charge on any atom is 0.234 e. The number of rotatable bonds is 6. The fraction of sp³-hybridized carbons (Fsp3) is 0.350. The van der Waals surface area contributed by atoms with Gasteiger partial charge < -0.3 is 15.0 Å². The van der Waals surface area contributed by atoms with Gasteiger partial charge in [0.25, 0.3) is 0 Å². The number of anilines is 1. The lowest BCUT2D eigenvalue weighted by molar-refractivity contribution is -0.122. The van der Waals surface area contributed by atoms with Crippen LogP contribution in [0.15, 0.2) is 48.5 Å². The van der Waals surface area contributed by atoms with Crippen molar-refractivity contribution in [3.05, 3.63) is 59.9 Å². The average molecular weight is 357 g/mol. The third-order valence-corrected chi connectivity index (χ3v) is 4.56. The Balaban J connectivity index is 1.43. The molecule has 2 aromatic rings. The molecule has 2 aromatic carbocycles. The number of nitrogens with one attached hydrogen (secondary N) is 1. The number of carbonyl (C=O) groups is 1. The van der Waals surface area contributed by atoms with Crippen molar-refractivity contribution in [3.63, 3.8) is 0 Å². The van der Waals surface area contributed by atoms with Gasteiger partial charge in [-0.2, -0.15) is 0 Å². The molecule has 6 heteroatoms. The molecule has 0 atom stereocenters. The van der Waals surface area contributed by atoms with Gasteiger partial charge in [0.05, 0.1) is 13.7 Å². The highest BCUT2D eigenvalue weighted by Gasteiger charge is 2.19. The number of carbonyl (C=O) groups excluding carboxylic acids is 1. The summed E-state index contributed by atoms with van der Waals surface area (Å²) in [4.78, 5) is 16.6. The van der Waals surface area contributed by atoms with E-state index in [0.29, 0.717) is 13.1 Å². The molecule has 1 fully saturated rings. The zero-order valence-electron chi connectivity index (χ0n) is 15.0. The van der Waals surface area contributed by atoms with E-state index in [1.165, 1.54) is 12.1 Å². The first kappa shape index (κ1) is 18.2. The first-order chi connectivity index (χ1) is 12.6. The number of amides is 1. The SMILES string of the molecule is COc1cccc(N2CCN(CC(=O)NCc3ccc(F)cc3)CC2)c1. The lowest BCUT2D eigenvalue weighted by Gasteiger charge is -2.35. The number of piperazine rings is 1. The molecule has 138 valence electrons. The van der Waals surface area contributed by atoms with Crippen LogP contribution in [0.1, 0.15) is 5.56 Å². The number of methoxy groups -OCH3 is 1. The van der Waals surface area contributed by atoms with Gasteiger partial charge in [-0.05, 0) is 29.8 Å². The van der Waals surface area contributed by atoms with E-state index in [0.717, 1.165) is 43.2 Å². The Morgan fingerprint density at radius 2 is 1.85 bits per heavy atom. The third kappa shape index (κ3) is 4.95. The van der Waals surface area contributed by atoms with Gasteiger partial charge in [0.1, 0.15) is 11.6 Å². The summed E-state index contributed by atoms with van der Waals surface area (Å²) in [5, 5.41) is 2.89.